The fraction of sp³-hybridized carbons (Fsp3) is 0.417. The highest BCUT2D eigenvalue weighted by atomic mass is 32.2. The first-order valence-corrected chi connectivity index (χ1v) is 12.6. The molecule has 1 saturated carbocycles. The number of piperazine rings is 1. The van der Waals surface area contributed by atoms with Crippen LogP contribution in [0, 0.1) is 6.92 Å². The van der Waals surface area contributed by atoms with E-state index in [9.17, 15) is 18.0 Å². The number of anilines is 1. The lowest BCUT2D eigenvalue weighted by Gasteiger charge is -2.36. The van der Waals surface area contributed by atoms with Crippen LogP contribution in [0.15, 0.2) is 47.4 Å². The first-order valence-electron chi connectivity index (χ1n) is 11.2. The van der Waals surface area contributed by atoms with Crippen molar-refractivity contribution >= 4 is 27.5 Å². The van der Waals surface area contributed by atoms with Crippen LogP contribution in [0.25, 0.3) is 0 Å². The van der Waals surface area contributed by atoms with Crippen LogP contribution in [-0.4, -0.2) is 61.7 Å². The van der Waals surface area contributed by atoms with Crippen LogP contribution in [0.1, 0.15) is 30.9 Å². The second-order valence-corrected chi connectivity index (χ2v) is 10.9. The van der Waals surface area contributed by atoms with E-state index in [1.807, 2.05) is 30.3 Å². The lowest BCUT2D eigenvalue weighted by Crippen LogP contribution is -2.53. The van der Waals surface area contributed by atoms with E-state index in [4.69, 9.17) is 4.74 Å². The van der Waals surface area contributed by atoms with Crippen molar-refractivity contribution in [2.75, 3.05) is 31.5 Å². The number of fused-ring (bicyclic) bond motifs is 1. The van der Waals surface area contributed by atoms with Gasteiger partial charge in [0.2, 0.25) is 15.9 Å². The van der Waals surface area contributed by atoms with Gasteiger partial charge in [0.25, 0.3) is 5.91 Å². The molecule has 0 bridgehead atoms. The topological polar surface area (TPSA) is 96.0 Å². The Kier molecular flexibility index (Phi) is 5.21. The number of hydrogen-bond donors (Lipinski definition) is 1. The van der Waals surface area contributed by atoms with Gasteiger partial charge < -0.3 is 15.0 Å². The Balaban J connectivity index is 1.32. The summed E-state index contributed by atoms with van der Waals surface area (Å²) in [6, 6.07) is 12.9. The fourth-order valence-corrected chi connectivity index (χ4v) is 6.35. The average molecular weight is 470 g/mol. The summed E-state index contributed by atoms with van der Waals surface area (Å²) in [5.74, 6) is 0.176. The molecule has 2 heterocycles. The number of carbonyl (C=O) groups is 2. The fourth-order valence-electron chi connectivity index (χ4n) is 4.70. The van der Waals surface area contributed by atoms with Crippen LogP contribution >= 0.6 is 0 Å². The van der Waals surface area contributed by atoms with Crippen molar-refractivity contribution in [2.45, 2.75) is 43.1 Å². The molecular formula is C24H27N3O5S. The van der Waals surface area contributed by atoms with E-state index in [0.29, 0.717) is 30.1 Å². The van der Waals surface area contributed by atoms with Gasteiger partial charge in [0, 0.05) is 32.2 Å². The van der Waals surface area contributed by atoms with E-state index in [1.54, 1.807) is 24.8 Å². The maximum absolute atomic E-state index is 13.4. The second-order valence-electron chi connectivity index (χ2n) is 9.01. The molecule has 2 aromatic rings. The highest BCUT2D eigenvalue weighted by Gasteiger charge is 2.53. The van der Waals surface area contributed by atoms with Gasteiger partial charge in [-0.2, -0.15) is 4.31 Å². The first-order chi connectivity index (χ1) is 15.7. The number of aryl methyl sites for hydroxylation is 1. The average Bonchev–Trinajstić information content (AvgIpc) is 3.62. The molecule has 9 heteroatoms. The minimum Gasteiger partial charge on any atom is -0.479 e. The Bertz CT molecular complexity index is 1220. The Morgan fingerprint density at radius 1 is 1.09 bits per heavy atom. The summed E-state index contributed by atoms with van der Waals surface area (Å²) in [6.07, 6.45) is 0.972. The molecule has 2 aliphatic heterocycles. The van der Waals surface area contributed by atoms with E-state index >= 15 is 0 Å². The molecule has 1 saturated heterocycles. The molecule has 1 N–H and O–H groups in total. The Morgan fingerprint density at radius 3 is 2.39 bits per heavy atom. The van der Waals surface area contributed by atoms with E-state index < -0.39 is 21.5 Å². The van der Waals surface area contributed by atoms with E-state index in [0.717, 1.165) is 18.4 Å². The largest absolute Gasteiger partial charge is 0.479 e. The molecule has 33 heavy (non-hydrogen) atoms. The van der Waals surface area contributed by atoms with Crippen molar-refractivity contribution in [1.82, 2.24) is 9.21 Å². The van der Waals surface area contributed by atoms with Gasteiger partial charge in [0.05, 0.1) is 16.0 Å². The molecule has 0 unspecified atom stereocenters. The Hall–Kier alpha value is -2.91. The molecule has 174 valence electrons. The van der Waals surface area contributed by atoms with Crippen LogP contribution < -0.4 is 10.1 Å². The van der Waals surface area contributed by atoms with E-state index in [2.05, 4.69) is 5.32 Å². The molecule has 0 radical (unpaired) electrons. The number of ether oxygens (including phenoxy) is 1. The zero-order chi connectivity index (χ0) is 23.4. The maximum Gasteiger partial charge on any atom is 0.265 e. The lowest BCUT2D eigenvalue weighted by atomic mass is 9.94. The predicted molar refractivity (Wildman–Crippen MR) is 123 cm³/mol. The van der Waals surface area contributed by atoms with Gasteiger partial charge >= 0.3 is 0 Å². The molecule has 8 nitrogen and oxygen atoms in total. The summed E-state index contributed by atoms with van der Waals surface area (Å²) in [4.78, 5) is 27.1. The van der Waals surface area contributed by atoms with E-state index in [-0.39, 0.29) is 29.8 Å². The van der Waals surface area contributed by atoms with Gasteiger partial charge in [-0.1, -0.05) is 30.3 Å². The van der Waals surface area contributed by atoms with Gasteiger partial charge in [-0.15, -0.1) is 0 Å². The van der Waals surface area contributed by atoms with Gasteiger partial charge in [0.1, 0.15) is 5.75 Å². The van der Waals surface area contributed by atoms with Gasteiger partial charge in [0.15, 0.2) is 6.10 Å². The number of hydrogen-bond acceptors (Lipinski definition) is 5. The highest BCUT2D eigenvalue weighted by molar-refractivity contribution is 7.89. The standard InChI is InChI=1S/C24H27N3O5S/c1-16-14-19-20(32-17(2)22(28)25-19)15-21(16)33(30,31)27-12-10-26(11-13-27)23(29)24(8-9-24)18-6-4-3-5-7-18/h3-7,14-15,17H,8-13H2,1-2H3,(H,25,28)/t17-/m1/s1. The second kappa shape index (κ2) is 7.85. The van der Waals surface area contributed by atoms with Crippen LogP contribution in [0.4, 0.5) is 5.69 Å². The predicted octanol–water partition coefficient (Wildman–Crippen LogP) is 2.28. The highest BCUT2D eigenvalue weighted by Crippen LogP contribution is 2.49. The van der Waals surface area contributed by atoms with Gasteiger partial charge in [-0.25, -0.2) is 8.42 Å². The third-order valence-electron chi connectivity index (χ3n) is 6.84. The summed E-state index contributed by atoms with van der Waals surface area (Å²) in [7, 11) is -3.78. The molecule has 1 aliphatic carbocycles. The number of rotatable bonds is 4. The molecule has 2 aromatic carbocycles. The number of sulfonamides is 1. The van der Waals surface area contributed by atoms with Gasteiger partial charge in [-0.3, -0.25) is 9.59 Å². The quantitative estimate of drug-likeness (QED) is 0.741. The third kappa shape index (κ3) is 3.69. The first kappa shape index (κ1) is 21.9. The van der Waals surface area contributed by atoms with Crippen LogP contribution in [0.2, 0.25) is 0 Å². The molecule has 0 spiro atoms. The number of amides is 2. The van der Waals surface area contributed by atoms with Crippen LogP contribution in [0.5, 0.6) is 5.75 Å². The minimum absolute atomic E-state index is 0.0915. The SMILES string of the molecule is Cc1cc2c(cc1S(=O)(=O)N1CCN(C(=O)C3(c4ccccc4)CC3)CC1)O[C@H](C)C(=O)N2. The summed E-state index contributed by atoms with van der Waals surface area (Å²) >= 11 is 0. The lowest BCUT2D eigenvalue weighted by molar-refractivity contribution is -0.135. The van der Waals surface area contributed by atoms with Crippen molar-refractivity contribution in [3.05, 3.63) is 53.6 Å². The number of nitrogens with zero attached hydrogens (tertiary/aromatic N) is 2. The van der Waals surface area contributed by atoms with Crippen molar-refractivity contribution in [3.63, 3.8) is 0 Å². The molecule has 1 atom stereocenters. The number of benzene rings is 2. The smallest absolute Gasteiger partial charge is 0.265 e. The normalized spacial score (nSPS) is 22.2. The van der Waals surface area contributed by atoms with Crippen molar-refractivity contribution in [3.8, 4) is 5.75 Å². The number of nitrogens with one attached hydrogen (secondary N) is 1. The zero-order valence-corrected chi connectivity index (χ0v) is 19.5. The third-order valence-corrected chi connectivity index (χ3v) is 8.88. The van der Waals surface area contributed by atoms with Crippen molar-refractivity contribution < 1.29 is 22.7 Å². The monoisotopic (exact) mass is 469 g/mol. The van der Waals surface area contributed by atoms with Crippen LogP contribution in [-0.2, 0) is 25.0 Å². The Morgan fingerprint density at radius 2 is 1.76 bits per heavy atom. The molecular weight excluding hydrogens is 442 g/mol. The van der Waals surface area contributed by atoms with E-state index in [1.165, 1.54) is 10.4 Å². The molecule has 0 aromatic heterocycles. The molecule has 3 aliphatic rings. The molecule has 2 amide bonds. The maximum atomic E-state index is 13.4. The summed E-state index contributed by atoms with van der Waals surface area (Å²) in [5.41, 5.74) is 1.60. The summed E-state index contributed by atoms with van der Waals surface area (Å²) < 4.78 is 33.9. The van der Waals surface area contributed by atoms with Crippen molar-refractivity contribution in [2.24, 2.45) is 0 Å². The molecule has 5 rings (SSSR count). The zero-order valence-electron chi connectivity index (χ0n) is 18.7. The summed E-state index contributed by atoms with van der Waals surface area (Å²) in [6.45, 7) is 4.52. The minimum atomic E-state index is -3.78. The van der Waals surface area contributed by atoms with Crippen LogP contribution in [0.3, 0.4) is 0 Å². The van der Waals surface area contributed by atoms with Gasteiger partial charge in [-0.05, 0) is 43.9 Å². The molecule has 2 fully saturated rings. The summed E-state index contributed by atoms with van der Waals surface area (Å²) in [5, 5.41) is 2.74. The van der Waals surface area contributed by atoms with Crippen molar-refractivity contribution in [1.29, 1.82) is 0 Å². The number of carbonyl (C=O) groups excluding carboxylic acids is 2. The Labute approximate surface area is 193 Å².